The summed E-state index contributed by atoms with van der Waals surface area (Å²) in [7, 11) is 2.08. The Kier molecular flexibility index (Phi) is 4.25. The van der Waals surface area contributed by atoms with Crippen LogP contribution < -0.4 is 0 Å². The minimum absolute atomic E-state index is 0.178. The molecule has 0 fully saturated rings. The molecule has 0 saturated heterocycles. The predicted octanol–water partition coefficient (Wildman–Crippen LogP) is 2.86. The third kappa shape index (κ3) is 3.20. The molecule has 0 aliphatic heterocycles. The Labute approximate surface area is 130 Å². The molecule has 22 heavy (non-hydrogen) atoms. The van der Waals surface area contributed by atoms with Gasteiger partial charge in [-0.05, 0) is 37.7 Å². The maximum atomic E-state index is 4.31. The average Bonchev–Trinajstić information content (AvgIpc) is 3.06. The van der Waals surface area contributed by atoms with Crippen LogP contribution in [0.1, 0.15) is 24.2 Å². The first kappa shape index (κ1) is 14.4. The molecule has 3 aromatic rings. The van der Waals surface area contributed by atoms with Crippen LogP contribution >= 0.6 is 0 Å². The Morgan fingerprint density at radius 2 is 1.95 bits per heavy atom. The minimum atomic E-state index is 0.178. The van der Waals surface area contributed by atoms with E-state index < -0.39 is 0 Å². The number of rotatable bonds is 5. The molecule has 0 unspecified atom stereocenters. The highest BCUT2D eigenvalue weighted by Crippen LogP contribution is 2.19. The van der Waals surface area contributed by atoms with Crippen LogP contribution in [0.3, 0.4) is 0 Å². The molecule has 0 N–H and O–H groups in total. The van der Waals surface area contributed by atoms with E-state index >= 15 is 0 Å². The molecule has 0 bridgehead atoms. The van der Waals surface area contributed by atoms with Crippen LogP contribution in [0, 0.1) is 0 Å². The van der Waals surface area contributed by atoms with E-state index in [2.05, 4.69) is 40.2 Å². The van der Waals surface area contributed by atoms with Gasteiger partial charge in [0.05, 0.1) is 23.6 Å². The van der Waals surface area contributed by atoms with E-state index in [-0.39, 0.29) is 6.04 Å². The Bertz CT molecular complexity index is 708. The lowest BCUT2D eigenvalue weighted by Gasteiger charge is -2.22. The van der Waals surface area contributed by atoms with Gasteiger partial charge in [-0.1, -0.05) is 29.5 Å². The van der Waals surface area contributed by atoms with Gasteiger partial charge in [0, 0.05) is 18.9 Å². The monoisotopic (exact) mass is 293 g/mol. The van der Waals surface area contributed by atoms with E-state index in [1.54, 1.807) is 6.20 Å². The van der Waals surface area contributed by atoms with E-state index in [9.17, 15) is 0 Å². The average molecular weight is 293 g/mol. The fraction of sp³-hybridized carbons (Fsp3) is 0.235. The molecule has 0 aliphatic carbocycles. The summed E-state index contributed by atoms with van der Waals surface area (Å²) >= 11 is 0. The summed E-state index contributed by atoms with van der Waals surface area (Å²) in [5, 5.41) is 8.54. The fourth-order valence-corrected chi connectivity index (χ4v) is 2.32. The van der Waals surface area contributed by atoms with Crippen molar-refractivity contribution in [2.45, 2.75) is 19.5 Å². The number of aromatic nitrogens is 4. The molecule has 0 radical (unpaired) electrons. The van der Waals surface area contributed by atoms with Crippen LogP contribution in [0.4, 0.5) is 0 Å². The minimum Gasteiger partial charge on any atom is -0.294 e. The smallest absolute Gasteiger partial charge is 0.1000 e. The van der Waals surface area contributed by atoms with Gasteiger partial charge in [0.1, 0.15) is 0 Å². The summed E-state index contributed by atoms with van der Waals surface area (Å²) in [6, 6.07) is 14.2. The van der Waals surface area contributed by atoms with Gasteiger partial charge in [-0.2, -0.15) is 0 Å². The van der Waals surface area contributed by atoms with Crippen LogP contribution in [0.15, 0.2) is 61.1 Å². The zero-order chi connectivity index (χ0) is 15.4. The van der Waals surface area contributed by atoms with Crippen molar-refractivity contribution >= 4 is 0 Å². The van der Waals surface area contributed by atoms with Crippen molar-refractivity contribution in [3.8, 4) is 5.69 Å². The second-order valence-corrected chi connectivity index (χ2v) is 5.38. The normalized spacial score (nSPS) is 12.5. The molecule has 5 heteroatoms. The first-order valence-electron chi connectivity index (χ1n) is 7.31. The molecule has 3 rings (SSSR count). The molecule has 1 aromatic carbocycles. The molecule has 1 atom stereocenters. The maximum Gasteiger partial charge on any atom is 0.1000 e. The topological polar surface area (TPSA) is 46.8 Å². The van der Waals surface area contributed by atoms with Crippen LogP contribution in [0.25, 0.3) is 5.69 Å². The molecular formula is C17H19N5. The summed E-state index contributed by atoms with van der Waals surface area (Å²) < 4.78 is 1.81. The van der Waals surface area contributed by atoms with Gasteiger partial charge in [0.2, 0.25) is 0 Å². The number of benzene rings is 1. The molecule has 2 aromatic heterocycles. The molecule has 0 amide bonds. The molecule has 2 heterocycles. The molecule has 0 spiro atoms. The fourth-order valence-electron chi connectivity index (χ4n) is 2.32. The van der Waals surface area contributed by atoms with Gasteiger partial charge in [0.25, 0.3) is 0 Å². The Balaban J connectivity index is 1.72. The first-order chi connectivity index (χ1) is 10.7. The highest BCUT2D eigenvalue weighted by molar-refractivity contribution is 5.30. The predicted molar refractivity (Wildman–Crippen MR) is 85.5 cm³/mol. The Morgan fingerprint density at radius 3 is 2.68 bits per heavy atom. The van der Waals surface area contributed by atoms with E-state index in [4.69, 9.17) is 0 Å². The second kappa shape index (κ2) is 6.49. The molecule has 112 valence electrons. The first-order valence-corrected chi connectivity index (χ1v) is 7.31. The van der Waals surface area contributed by atoms with Gasteiger partial charge in [-0.15, -0.1) is 5.10 Å². The summed E-state index contributed by atoms with van der Waals surface area (Å²) in [4.78, 5) is 6.39. The Hall–Kier alpha value is -2.53. The van der Waals surface area contributed by atoms with Crippen molar-refractivity contribution in [3.63, 3.8) is 0 Å². The Morgan fingerprint density at radius 1 is 1.14 bits per heavy atom. The molecule has 0 saturated carbocycles. The van der Waals surface area contributed by atoms with Crippen LogP contribution in [-0.2, 0) is 6.54 Å². The van der Waals surface area contributed by atoms with Crippen LogP contribution in [0.5, 0.6) is 0 Å². The van der Waals surface area contributed by atoms with Gasteiger partial charge in [0.15, 0.2) is 0 Å². The number of hydrogen-bond acceptors (Lipinski definition) is 4. The number of para-hydroxylation sites is 1. The van der Waals surface area contributed by atoms with Crippen molar-refractivity contribution in [2.24, 2.45) is 0 Å². The van der Waals surface area contributed by atoms with E-state index in [1.807, 2.05) is 53.5 Å². The van der Waals surface area contributed by atoms with Gasteiger partial charge in [-0.25, -0.2) is 4.68 Å². The summed E-state index contributed by atoms with van der Waals surface area (Å²) in [5.41, 5.74) is 3.16. The lowest BCUT2D eigenvalue weighted by atomic mass is 10.2. The van der Waals surface area contributed by atoms with Gasteiger partial charge >= 0.3 is 0 Å². The summed E-state index contributed by atoms with van der Waals surface area (Å²) in [6.45, 7) is 2.96. The van der Waals surface area contributed by atoms with Crippen molar-refractivity contribution in [3.05, 3.63) is 72.3 Å². The van der Waals surface area contributed by atoms with Gasteiger partial charge < -0.3 is 0 Å². The van der Waals surface area contributed by atoms with E-state index in [1.165, 1.54) is 5.56 Å². The lowest BCUT2D eigenvalue weighted by Crippen LogP contribution is -2.22. The third-order valence-corrected chi connectivity index (χ3v) is 3.78. The number of hydrogen-bond donors (Lipinski definition) is 0. The summed E-state index contributed by atoms with van der Waals surface area (Å²) in [6.07, 6.45) is 5.67. The number of nitrogens with zero attached hydrogens (tertiary/aromatic N) is 5. The standard InChI is InChI=1S/C17H19N5/c1-14(21(2)12-15-7-6-10-18-11-15)17-13-22(20-19-17)16-8-4-3-5-9-16/h3-11,13-14H,12H2,1-2H3/t14-/m1/s1. The number of pyridine rings is 1. The highest BCUT2D eigenvalue weighted by Gasteiger charge is 2.16. The van der Waals surface area contributed by atoms with Crippen LogP contribution in [-0.4, -0.2) is 31.9 Å². The van der Waals surface area contributed by atoms with Crippen molar-refractivity contribution < 1.29 is 0 Å². The quantitative estimate of drug-likeness (QED) is 0.725. The van der Waals surface area contributed by atoms with Crippen LogP contribution in [0.2, 0.25) is 0 Å². The SMILES string of the molecule is C[C@H](c1cn(-c2ccccc2)nn1)N(C)Cc1cccnc1. The zero-order valence-electron chi connectivity index (χ0n) is 12.8. The van der Waals surface area contributed by atoms with E-state index in [0.717, 1.165) is 17.9 Å². The van der Waals surface area contributed by atoms with Gasteiger partial charge in [-0.3, -0.25) is 9.88 Å². The van der Waals surface area contributed by atoms with Crippen molar-refractivity contribution in [1.82, 2.24) is 24.9 Å². The molecular weight excluding hydrogens is 274 g/mol. The largest absolute Gasteiger partial charge is 0.294 e. The molecule has 0 aliphatic rings. The zero-order valence-corrected chi connectivity index (χ0v) is 12.8. The summed E-state index contributed by atoms with van der Waals surface area (Å²) in [5.74, 6) is 0. The highest BCUT2D eigenvalue weighted by atomic mass is 15.4. The third-order valence-electron chi connectivity index (χ3n) is 3.78. The second-order valence-electron chi connectivity index (χ2n) is 5.38. The van der Waals surface area contributed by atoms with E-state index in [0.29, 0.717) is 0 Å². The van der Waals surface area contributed by atoms with Crippen molar-refractivity contribution in [2.75, 3.05) is 7.05 Å². The van der Waals surface area contributed by atoms with Crippen molar-refractivity contribution in [1.29, 1.82) is 0 Å². The molecule has 5 nitrogen and oxygen atoms in total. The maximum absolute atomic E-state index is 4.31. The lowest BCUT2D eigenvalue weighted by molar-refractivity contribution is 0.248.